The van der Waals surface area contributed by atoms with Gasteiger partial charge in [0, 0.05) is 24.0 Å². The molecular weight excluding hydrogens is 620 g/mol. The van der Waals surface area contributed by atoms with Gasteiger partial charge in [0.2, 0.25) is 11.8 Å². The lowest BCUT2D eigenvalue weighted by Crippen LogP contribution is -2.26. The van der Waals surface area contributed by atoms with Crippen molar-refractivity contribution in [2.75, 3.05) is 0 Å². The summed E-state index contributed by atoms with van der Waals surface area (Å²) in [6, 6.07) is 2.85. The first-order valence-electron chi connectivity index (χ1n) is 21.2. The van der Waals surface area contributed by atoms with E-state index in [1.165, 1.54) is 160 Å². The average molecular weight is 697 g/mol. The summed E-state index contributed by atoms with van der Waals surface area (Å²) in [7, 11) is 0. The van der Waals surface area contributed by atoms with E-state index in [0.29, 0.717) is 12.8 Å². The smallest absolute Gasteiger partial charge is 0.250 e. The molecule has 1 rings (SSSR count). The lowest BCUT2D eigenvalue weighted by atomic mass is 9.87. The largest absolute Gasteiger partial charge is 0.366 e. The Labute approximate surface area is 307 Å². The van der Waals surface area contributed by atoms with Gasteiger partial charge in [-0.15, -0.1) is 0 Å². The van der Waals surface area contributed by atoms with Gasteiger partial charge in [0.05, 0.1) is 11.1 Å². The molecule has 0 spiro atoms. The minimum absolute atomic E-state index is 0.00915. The monoisotopic (exact) mass is 697 g/mol. The Bertz CT molecular complexity index is 1070. The first-order chi connectivity index (χ1) is 24.3. The Morgan fingerprint density at radius 2 is 0.640 bits per heavy atom. The summed E-state index contributed by atoms with van der Waals surface area (Å²) in [6.07, 6.45) is 37.6. The Balaban J connectivity index is 2.42. The number of amides is 2. The number of carbonyl (C=O) groups is 4. The first kappa shape index (κ1) is 45.5. The number of hydrogen-bond donors (Lipinski definition) is 2. The second-order valence-corrected chi connectivity index (χ2v) is 14.9. The lowest BCUT2D eigenvalue weighted by Gasteiger charge is -2.15. The van der Waals surface area contributed by atoms with Gasteiger partial charge in [-0.25, -0.2) is 0 Å². The van der Waals surface area contributed by atoms with Crippen molar-refractivity contribution in [3.8, 4) is 0 Å². The van der Waals surface area contributed by atoms with Crippen LogP contribution in [0.2, 0.25) is 0 Å². The van der Waals surface area contributed by atoms with Gasteiger partial charge in [-0.1, -0.05) is 194 Å². The van der Waals surface area contributed by atoms with Crippen LogP contribution in [-0.2, 0) is 0 Å². The van der Waals surface area contributed by atoms with E-state index in [0.717, 1.165) is 38.5 Å². The molecule has 0 bridgehead atoms. The third-order valence-corrected chi connectivity index (χ3v) is 10.3. The van der Waals surface area contributed by atoms with Crippen molar-refractivity contribution in [3.63, 3.8) is 0 Å². The van der Waals surface area contributed by atoms with Crippen molar-refractivity contribution < 1.29 is 19.2 Å². The topological polar surface area (TPSA) is 120 Å². The van der Waals surface area contributed by atoms with Crippen LogP contribution in [0.4, 0.5) is 0 Å². The van der Waals surface area contributed by atoms with Gasteiger partial charge < -0.3 is 11.5 Å². The van der Waals surface area contributed by atoms with E-state index < -0.39 is 11.8 Å². The molecule has 0 unspecified atom stereocenters. The number of rotatable bonds is 36. The maximum Gasteiger partial charge on any atom is 0.250 e. The molecular formula is C44H76N2O4. The number of ketones is 2. The third-order valence-electron chi connectivity index (χ3n) is 10.3. The van der Waals surface area contributed by atoms with E-state index in [1.54, 1.807) is 0 Å². The molecule has 0 radical (unpaired) electrons. The van der Waals surface area contributed by atoms with E-state index in [2.05, 4.69) is 13.8 Å². The van der Waals surface area contributed by atoms with Crippen molar-refractivity contribution in [1.29, 1.82) is 0 Å². The SMILES string of the molecule is CCCCCCCCCCCCCCCCCC(=O)c1ccc(C(N)=O)c(C(N)=O)c1C(=O)CCCCCCCCCCCCCCCCC. The molecule has 0 fully saturated rings. The molecule has 0 aliphatic rings. The highest BCUT2D eigenvalue weighted by Gasteiger charge is 2.27. The molecule has 0 aliphatic carbocycles. The van der Waals surface area contributed by atoms with E-state index in [4.69, 9.17) is 11.5 Å². The fraction of sp³-hybridized carbons (Fsp3) is 0.773. The minimum atomic E-state index is -0.903. The van der Waals surface area contributed by atoms with Gasteiger partial charge in [0.15, 0.2) is 11.6 Å². The van der Waals surface area contributed by atoms with Gasteiger partial charge in [0.25, 0.3) is 0 Å². The van der Waals surface area contributed by atoms with Crippen LogP contribution >= 0.6 is 0 Å². The summed E-state index contributed by atoms with van der Waals surface area (Å²) in [5, 5.41) is 0. The molecule has 1 aromatic carbocycles. The van der Waals surface area contributed by atoms with Crippen molar-refractivity contribution in [1.82, 2.24) is 0 Å². The molecule has 4 N–H and O–H groups in total. The van der Waals surface area contributed by atoms with Crippen molar-refractivity contribution in [2.45, 2.75) is 219 Å². The van der Waals surface area contributed by atoms with Crippen LogP contribution in [0.15, 0.2) is 12.1 Å². The molecule has 50 heavy (non-hydrogen) atoms. The van der Waals surface area contributed by atoms with Crippen LogP contribution in [0, 0.1) is 0 Å². The Kier molecular flexibility index (Phi) is 28.5. The van der Waals surface area contributed by atoms with Crippen molar-refractivity contribution >= 4 is 23.4 Å². The van der Waals surface area contributed by atoms with Gasteiger partial charge in [0.1, 0.15) is 0 Å². The molecule has 0 aliphatic heterocycles. The summed E-state index contributed by atoms with van der Waals surface area (Å²) in [4.78, 5) is 51.5. The summed E-state index contributed by atoms with van der Waals surface area (Å²) in [6.45, 7) is 4.52. The highest BCUT2D eigenvalue weighted by molar-refractivity contribution is 6.18. The molecule has 0 atom stereocenters. The number of hydrogen-bond acceptors (Lipinski definition) is 4. The molecule has 6 nitrogen and oxygen atoms in total. The molecule has 286 valence electrons. The zero-order chi connectivity index (χ0) is 36.7. The number of benzene rings is 1. The van der Waals surface area contributed by atoms with Gasteiger partial charge >= 0.3 is 0 Å². The number of primary amides is 2. The molecule has 1 aromatic rings. The van der Waals surface area contributed by atoms with Gasteiger partial charge in [-0.3, -0.25) is 19.2 Å². The summed E-state index contributed by atoms with van der Waals surface area (Å²) in [5.41, 5.74) is 11.1. The highest BCUT2D eigenvalue weighted by Crippen LogP contribution is 2.25. The molecule has 0 aromatic heterocycles. The number of nitrogens with two attached hydrogens (primary N) is 2. The normalized spacial score (nSPS) is 11.2. The number of Topliss-reactive ketones (excluding diaryl/α,β-unsaturated/α-hetero) is 2. The molecule has 2 amide bonds. The average Bonchev–Trinajstić information content (AvgIpc) is 3.10. The maximum absolute atomic E-state index is 13.5. The zero-order valence-corrected chi connectivity index (χ0v) is 32.6. The fourth-order valence-corrected chi connectivity index (χ4v) is 7.16. The third kappa shape index (κ3) is 21.7. The molecule has 0 saturated carbocycles. The van der Waals surface area contributed by atoms with Gasteiger partial charge in [-0.2, -0.15) is 0 Å². The van der Waals surface area contributed by atoms with Gasteiger partial charge in [-0.05, 0) is 25.0 Å². The van der Waals surface area contributed by atoms with Crippen molar-refractivity contribution in [2.24, 2.45) is 11.5 Å². The first-order valence-corrected chi connectivity index (χ1v) is 21.2. The second-order valence-electron chi connectivity index (χ2n) is 14.9. The quantitative estimate of drug-likeness (QED) is 0.0535. The van der Waals surface area contributed by atoms with Crippen molar-refractivity contribution in [3.05, 3.63) is 34.4 Å². The summed E-state index contributed by atoms with van der Waals surface area (Å²) < 4.78 is 0. The molecule has 0 heterocycles. The van der Waals surface area contributed by atoms with Crippen LogP contribution in [0.5, 0.6) is 0 Å². The highest BCUT2D eigenvalue weighted by atomic mass is 16.2. The summed E-state index contributed by atoms with van der Waals surface area (Å²) >= 11 is 0. The molecule has 0 saturated heterocycles. The predicted octanol–water partition coefficient (Wildman–Crippen LogP) is 12.8. The summed E-state index contributed by atoms with van der Waals surface area (Å²) in [5.74, 6) is -2.23. The zero-order valence-electron chi connectivity index (χ0n) is 32.6. The Hall–Kier alpha value is -2.50. The lowest BCUT2D eigenvalue weighted by molar-refractivity contribution is 0.0931. The van der Waals surface area contributed by atoms with Crippen LogP contribution in [0.1, 0.15) is 261 Å². The fourth-order valence-electron chi connectivity index (χ4n) is 7.16. The van der Waals surface area contributed by atoms with Crippen LogP contribution in [0.3, 0.4) is 0 Å². The van der Waals surface area contributed by atoms with E-state index in [-0.39, 0.29) is 40.2 Å². The minimum Gasteiger partial charge on any atom is -0.366 e. The molecule has 6 heteroatoms. The number of carbonyl (C=O) groups excluding carboxylic acids is 4. The van der Waals surface area contributed by atoms with Crippen LogP contribution in [0.25, 0.3) is 0 Å². The Morgan fingerprint density at radius 3 is 0.940 bits per heavy atom. The maximum atomic E-state index is 13.5. The predicted molar refractivity (Wildman–Crippen MR) is 211 cm³/mol. The van der Waals surface area contributed by atoms with Crippen LogP contribution < -0.4 is 11.5 Å². The van der Waals surface area contributed by atoms with E-state index >= 15 is 0 Å². The Morgan fingerprint density at radius 1 is 0.360 bits per heavy atom. The van der Waals surface area contributed by atoms with E-state index in [1.807, 2.05) is 0 Å². The standard InChI is InChI=1S/C44H76N2O4/c1-3-5-7-9-11-13-15-17-19-21-23-25-27-29-31-33-39(47)37-35-36-38(43(45)49)42(44(46)50)41(37)40(48)34-32-30-28-26-24-22-20-18-16-14-12-10-8-6-4-2/h35-36H,3-34H2,1-2H3,(H2,45,49)(H2,46,50). The second kappa shape index (κ2) is 31.3. The van der Waals surface area contributed by atoms with Crippen LogP contribution in [-0.4, -0.2) is 23.4 Å². The van der Waals surface area contributed by atoms with E-state index in [9.17, 15) is 19.2 Å². The number of unbranched alkanes of at least 4 members (excludes halogenated alkanes) is 28.